The van der Waals surface area contributed by atoms with Gasteiger partial charge in [-0.05, 0) is 57.7 Å². The number of hydrogen-bond donors (Lipinski definition) is 4. The molecule has 1 saturated carbocycles. The summed E-state index contributed by atoms with van der Waals surface area (Å²) in [6.07, 6.45) is 1.31. The van der Waals surface area contributed by atoms with Crippen molar-refractivity contribution in [2.45, 2.75) is 88.7 Å². The molecule has 2 aromatic heterocycles. The molecule has 1 aliphatic carbocycles. The lowest BCUT2D eigenvalue weighted by atomic mass is 9.98. The summed E-state index contributed by atoms with van der Waals surface area (Å²) < 4.78 is 38.8. The van der Waals surface area contributed by atoms with Crippen molar-refractivity contribution < 1.29 is 38.1 Å². The fraction of sp³-hybridized carbons (Fsp3) is 0.519. The number of nitrogens with one attached hydrogen (secondary N) is 1. The number of carbonyl (C=O) groups is 1. The molecule has 5 unspecified atom stereocenters. The highest BCUT2D eigenvalue weighted by Crippen LogP contribution is 2.48. The minimum absolute atomic E-state index is 0.181. The van der Waals surface area contributed by atoms with Gasteiger partial charge in [-0.25, -0.2) is 14.5 Å². The number of aliphatic hydroxyl groups excluding tert-OH is 2. The molecule has 222 valence electrons. The molecule has 14 heteroatoms. The van der Waals surface area contributed by atoms with E-state index < -0.39 is 50.4 Å². The lowest BCUT2D eigenvalue weighted by Crippen LogP contribution is -2.41. The molecule has 13 nitrogen and oxygen atoms in total. The number of imidazole rings is 1. The first-order chi connectivity index (χ1) is 19.6. The SMILES string of the molecule is CC(NP(=O)(Oc1ccccc1)OC(C)[C@H]1O[C@@H](n2cnc3c(N)ccnc32)C(O)C1O)C(=O)OC1CCCCC1. The Morgan fingerprint density at radius 1 is 1.12 bits per heavy atom. The number of hydrogen-bond acceptors (Lipinski definition) is 11. The van der Waals surface area contributed by atoms with Crippen molar-refractivity contribution in [2.24, 2.45) is 0 Å². The highest BCUT2D eigenvalue weighted by Gasteiger charge is 2.49. The van der Waals surface area contributed by atoms with Crippen molar-refractivity contribution in [3.05, 3.63) is 48.9 Å². The summed E-state index contributed by atoms with van der Waals surface area (Å²) in [6.45, 7) is 3.04. The number of nitrogens with zero attached hydrogens (tertiary/aromatic N) is 3. The van der Waals surface area contributed by atoms with Gasteiger partial charge in [-0.15, -0.1) is 0 Å². The van der Waals surface area contributed by atoms with Gasteiger partial charge in [0, 0.05) is 6.20 Å². The number of rotatable bonds is 10. The van der Waals surface area contributed by atoms with E-state index in [2.05, 4.69) is 15.1 Å². The molecule has 0 bridgehead atoms. The van der Waals surface area contributed by atoms with Gasteiger partial charge in [0.15, 0.2) is 11.9 Å². The minimum Gasteiger partial charge on any atom is -0.461 e. The third-order valence-corrected chi connectivity index (χ3v) is 9.08. The molecule has 5 rings (SSSR count). The Balaban J connectivity index is 1.32. The van der Waals surface area contributed by atoms with Crippen LogP contribution in [-0.4, -0.2) is 67.3 Å². The van der Waals surface area contributed by atoms with Crippen molar-refractivity contribution in [1.29, 1.82) is 0 Å². The normalized spacial score (nSPS) is 26.3. The first-order valence-electron chi connectivity index (χ1n) is 13.7. The lowest BCUT2D eigenvalue weighted by Gasteiger charge is -2.29. The number of nitrogens with two attached hydrogens (primary N) is 1. The van der Waals surface area contributed by atoms with Crippen molar-refractivity contribution in [2.75, 3.05) is 5.73 Å². The van der Waals surface area contributed by atoms with Gasteiger partial charge in [0.25, 0.3) is 0 Å². The number of pyridine rings is 1. The molecule has 0 amide bonds. The van der Waals surface area contributed by atoms with Gasteiger partial charge >= 0.3 is 13.7 Å². The Kier molecular flexibility index (Phi) is 8.93. The Morgan fingerprint density at radius 2 is 1.85 bits per heavy atom. The molecule has 3 heterocycles. The van der Waals surface area contributed by atoms with E-state index in [0.717, 1.165) is 32.1 Å². The second-order valence-electron chi connectivity index (χ2n) is 10.5. The molecule has 2 fully saturated rings. The molecule has 7 atom stereocenters. The van der Waals surface area contributed by atoms with Crippen LogP contribution in [0.15, 0.2) is 48.9 Å². The van der Waals surface area contributed by atoms with Gasteiger partial charge in [0.2, 0.25) is 0 Å². The van der Waals surface area contributed by atoms with Crippen LogP contribution in [0, 0.1) is 0 Å². The Morgan fingerprint density at radius 3 is 2.59 bits per heavy atom. The summed E-state index contributed by atoms with van der Waals surface area (Å²) >= 11 is 0. The third-order valence-electron chi connectivity index (χ3n) is 7.32. The topological polar surface area (TPSA) is 180 Å². The van der Waals surface area contributed by atoms with E-state index in [9.17, 15) is 19.6 Å². The first kappa shape index (κ1) is 29.4. The molecule has 1 aromatic carbocycles. The number of benzene rings is 1. The van der Waals surface area contributed by atoms with Crippen LogP contribution in [-0.2, 0) is 23.4 Å². The van der Waals surface area contributed by atoms with E-state index in [4.69, 9.17) is 24.3 Å². The van der Waals surface area contributed by atoms with Gasteiger partial charge < -0.3 is 29.9 Å². The second-order valence-corrected chi connectivity index (χ2v) is 12.1. The molecule has 2 aliphatic rings. The maximum absolute atomic E-state index is 14.1. The summed E-state index contributed by atoms with van der Waals surface area (Å²) in [5, 5.41) is 24.5. The van der Waals surface area contributed by atoms with E-state index in [0.29, 0.717) is 16.9 Å². The van der Waals surface area contributed by atoms with Crippen molar-refractivity contribution in [1.82, 2.24) is 19.6 Å². The summed E-state index contributed by atoms with van der Waals surface area (Å²) in [4.78, 5) is 21.4. The molecular formula is C27H36N5O8P. The molecule has 5 N–H and O–H groups in total. The number of ether oxygens (including phenoxy) is 2. The van der Waals surface area contributed by atoms with Crippen LogP contribution >= 0.6 is 7.75 Å². The zero-order valence-electron chi connectivity index (χ0n) is 22.9. The smallest absolute Gasteiger partial charge is 0.459 e. The van der Waals surface area contributed by atoms with Gasteiger partial charge in [-0.2, -0.15) is 5.09 Å². The Labute approximate surface area is 237 Å². The van der Waals surface area contributed by atoms with Crippen molar-refractivity contribution in [3.8, 4) is 5.75 Å². The molecular weight excluding hydrogens is 553 g/mol. The number of carbonyl (C=O) groups excluding carboxylic acids is 1. The number of aromatic nitrogens is 3. The van der Waals surface area contributed by atoms with E-state index >= 15 is 0 Å². The van der Waals surface area contributed by atoms with Crippen LogP contribution in [0.4, 0.5) is 5.69 Å². The van der Waals surface area contributed by atoms with Gasteiger partial charge in [-0.1, -0.05) is 24.6 Å². The summed E-state index contributed by atoms with van der Waals surface area (Å²) in [7, 11) is -4.26. The average Bonchev–Trinajstić information content (AvgIpc) is 3.51. The fourth-order valence-electron chi connectivity index (χ4n) is 5.16. The summed E-state index contributed by atoms with van der Waals surface area (Å²) in [5.41, 5.74) is 7.16. The zero-order chi connectivity index (χ0) is 29.1. The predicted octanol–water partition coefficient (Wildman–Crippen LogP) is 3.08. The molecule has 41 heavy (non-hydrogen) atoms. The molecule has 0 radical (unpaired) electrons. The van der Waals surface area contributed by atoms with Gasteiger partial charge in [0.05, 0.1) is 18.1 Å². The zero-order valence-corrected chi connectivity index (χ0v) is 23.8. The molecule has 0 spiro atoms. The van der Waals surface area contributed by atoms with Crippen molar-refractivity contribution >= 4 is 30.6 Å². The maximum Gasteiger partial charge on any atom is 0.459 e. The molecule has 1 aliphatic heterocycles. The Hall–Kier alpha value is -3.06. The van der Waals surface area contributed by atoms with Gasteiger partial charge in [-0.3, -0.25) is 13.9 Å². The van der Waals surface area contributed by atoms with Crippen LogP contribution in [0.25, 0.3) is 11.2 Å². The fourth-order valence-corrected chi connectivity index (χ4v) is 6.85. The number of esters is 1. The average molecular weight is 590 g/mol. The van der Waals surface area contributed by atoms with Crippen molar-refractivity contribution in [3.63, 3.8) is 0 Å². The second kappa shape index (κ2) is 12.4. The number of para-hydroxylation sites is 1. The number of nitrogen functional groups attached to an aromatic ring is 1. The lowest BCUT2D eigenvalue weighted by molar-refractivity contribution is -0.152. The summed E-state index contributed by atoms with van der Waals surface area (Å²) in [6, 6.07) is 8.93. The third kappa shape index (κ3) is 6.56. The van der Waals surface area contributed by atoms with E-state index in [1.165, 1.54) is 30.9 Å². The van der Waals surface area contributed by atoms with Crippen LogP contribution in [0.1, 0.15) is 52.2 Å². The number of anilines is 1. The predicted molar refractivity (Wildman–Crippen MR) is 149 cm³/mol. The quantitative estimate of drug-likeness (QED) is 0.201. The van der Waals surface area contributed by atoms with E-state index in [-0.39, 0.29) is 11.9 Å². The highest BCUT2D eigenvalue weighted by atomic mass is 31.2. The van der Waals surface area contributed by atoms with E-state index in [1.54, 1.807) is 36.4 Å². The summed E-state index contributed by atoms with van der Waals surface area (Å²) in [5.74, 6) is -0.334. The number of aliphatic hydroxyl groups is 2. The first-order valence-corrected chi connectivity index (χ1v) is 15.3. The largest absolute Gasteiger partial charge is 0.461 e. The standard InChI is InChI=1S/C27H36N5O8P/c1-16(27(35)37-18-9-5-3-6-10-18)31-41(36,40-19-11-7-4-8-12-19)39-17(2)24-22(33)23(34)26(38-24)32-15-30-21-20(28)13-14-29-25(21)32/h4,7-8,11-18,22-24,26,33-34H,3,5-6,9-10H2,1-2H3,(H2,28,29)(H,31,36)/t16?,17?,22?,23?,24-,26-,41?/m1/s1. The van der Waals surface area contributed by atoms with Crippen LogP contribution in [0.5, 0.6) is 5.75 Å². The van der Waals surface area contributed by atoms with Gasteiger partial charge in [0.1, 0.15) is 41.7 Å². The van der Waals surface area contributed by atoms with Crippen LogP contribution in [0.3, 0.4) is 0 Å². The molecule has 1 saturated heterocycles. The van der Waals surface area contributed by atoms with E-state index in [1.807, 2.05) is 0 Å². The van der Waals surface area contributed by atoms with Crippen LogP contribution in [0.2, 0.25) is 0 Å². The highest BCUT2D eigenvalue weighted by molar-refractivity contribution is 7.52. The minimum atomic E-state index is -4.26. The van der Waals surface area contributed by atoms with Crippen LogP contribution < -0.4 is 15.3 Å². The monoisotopic (exact) mass is 589 g/mol. The maximum atomic E-state index is 14.1. The molecule has 3 aromatic rings. The Bertz CT molecular complexity index is 1380. The number of fused-ring (bicyclic) bond motifs is 1.